The van der Waals surface area contributed by atoms with Crippen molar-refractivity contribution in [3.05, 3.63) is 126 Å². The Labute approximate surface area is 303 Å². The number of hydrogen-bond donors (Lipinski definition) is 1. The molecular formula is C44H52N4O3. The standard InChI is InChI=1S/C44H52N4O3/c1-51-42-14-11-36(12-15-42)13-16-43(49)48(30-23-37-19-26-46-27-20-37)33-38-7-3-8-39(31-38)40-9-4-10-41(32-40)44(50)47-28-21-35(22-29-47)6-2-5-34-17-24-45-25-18-34/h3-4,7-16,19-20,26-27,31-32,34-35,45H,2,5-6,17-18,21-25,28-30,33H2,1H3. The summed E-state index contributed by atoms with van der Waals surface area (Å²) in [7, 11) is 1.64. The van der Waals surface area contributed by atoms with E-state index in [9.17, 15) is 9.59 Å². The molecule has 2 saturated heterocycles. The fourth-order valence-electron chi connectivity index (χ4n) is 7.44. The van der Waals surface area contributed by atoms with Crippen LogP contribution in [-0.2, 0) is 17.8 Å². The molecule has 6 rings (SSSR count). The average molecular weight is 685 g/mol. The summed E-state index contributed by atoms with van der Waals surface area (Å²) in [6.45, 7) is 5.07. The van der Waals surface area contributed by atoms with Gasteiger partial charge in [-0.1, -0.05) is 61.7 Å². The quantitative estimate of drug-likeness (QED) is 0.136. The summed E-state index contributed by atoms with van der Waals surface area (Å²) in [5, 5.41) is 3.47. The third-order valence-electron chi connectivity index (χ3n) is 10.6. The minimum atomic E-state index is -0.0524. The number of nitrogens with zero attached hydrogens (tertiary/aromatic N) is 3. The number of ether oxygens (including phenoxy) is 1. The second-order valence-corrected chi connectivity index (χ2v) is 14.1. The molecule has 3 aromatic carbocycles. The van der Waals surface area contributed by atoms with Crippen LogP contribution in [0, 0.1) is 11.8 Å². The predicted octanol–water partition coefficient (Wildman–Crippen LogP) is 8.06. The highest BCUT2D eigenvalue weighted by Crippen LogP contribution is 2.28. The zero-order chi connectivity index (χ0) is 35.3. The van der Waals surface area contributed by atoms with Crippen molar-refractivity contribution in [1.82, 2.24) is 20.1 Å². The highest BCUT2D eigenvalue weighted by atomic mass is 16.5. The normalized spacial score (nSPS) is 15.6. The second kappa shape index (κ2) is 18.5. The number of amides is 2. The van der Waals surface area contributed by atoms with Crippen LogP contribution in [0.15, 0.2) is 103 Å². The largest absolute Gasteiger partial charge is 0.497 e. The van der Waals surface area contributed by atoms with Gasteiger partial charge in [0.1, 0.15) is 5.75 Å². The van der Waals surface area contributed by atoms with E-state index >= 15 is 0 Å². The van der Waals surface area contributed by atoms with Crippen LogP contribution in [0.5, 0.6) is 5.75 Å². The molecule has 0 unspecified atom stereocenters. The lowest BCUT2D eigenvalue weighted by Crippen LogP contribution is -2.38. The zero-order valence-electron chi connectivity index (χ0n) is 30.0. The van der Waals surface area contributed by atoms with Crippen LogP contribution in [0.25, 0.3) is 17.2 Å². The lowest BCUT2D eigenvalue weighted by molar-refractivity contribution is -0.126. The summed E-state index contributed by atoms with van der Waals surface area (Å²) in [4.78, 5) is 35.3. The van der Waals surface area contributed by atoms with Crippen molar-refractivity contribution in [3.8, 4) is 16.9 Å². The van der Waals surface area contributed by atoms with Gasteiger partial charge in [-0.3, -0.25) is 14.6 Å². The third kappa shape index (κ3) is 10.6. The van der Waals surface area contributed by atoms with Gasteiger partial charge in [-0.25, -0.2) is 0 Å². The molecule has 7 heteroatoms. The highest BCUT2D eigenvalue weighted by Gasteiger charge is 2.24. The molecule has 2 amide bonds. The summed E-state index contributed by atoms with van der Waals surface area (Å²) in [5.41, 5.74) is 5.87. The third-order valence-corrected chi connectivity index (χ3v) is 10.6. The molecule has 7 nitrogen and oxygen atoms in total. The first-order valence-corrected chi connectivity index (χ1v) is 18.7. The van der Waals surface area contributed by atoms with Crippen LogP contribution >= 0.6 is 0 Å². The molecule has 0 bridgehead atoms. The van der Waals surface area contributed by atoms with Gasteiger partial charge in [0.25, 0.3) is 5.91 Å². The lowest BCUT2D eigenvalue weighted by atomic mass is 9.87. The Morgan fingerprint density at radius 1 is 0.843 bits per heavy atom. The van der Waals surface area contributed by atoms with Gasteiger partial charge in [-0.2, -0.15) is 0 Å². The van der Waals surface area contributed by atoms with Crippen molar-refractivity contribution in [3.63, 3.8) is 0 Å². The zero-order valence-corrected chi connectivity index (χ0v) is 30.0. The molecule has 1 aromatic heterocycles. The minimum Gasteiger partial charge on any atom is -0.497 e. The van der Waals surface area contributed by atoms with Crippen LogP contribution in [0.1, 0.15) is 72.0 Å². The number of pyridine rings is 1. The van der Waals surface area contributed by atoms with Gasteiger partial charge < -0.3 is 19.9 Å². The predicted molar refractivity (Wildman–Crippen MR) is 205 cm³/mol. The van der Waals surface area contributed by atoms with Crippen LogP contribution in [-0.4, -0.2) is 66.4 Å². The Kier molecular flexibility index (Phi) is 13.1. The molecule has 0 saturated carbocycles. The number of aromatic nitrogens is 1. The molecule has 0 spiro atoms. The maximum Gasteiger partial charge on any atom is 0.253 e. The van der Waals surface area contributed by atoms with E-state index in [1.54, 1.807) is 25.6 Å². The first-order valence-electron chi connectivity index (χ1n) is 18.7. The van der Waals surface area contributed by atoms with E-state index in [-0.39, 0.29) is 11.8 Å². The molecule has 3 heterocycles. The van der Waals surface area contributed by atoms with Crippen molar-refractivity contribution in [2.75, 3.05) is 39.8 Å². The SMILES string of the molecule is COc1ccc(C=CC(=O)N(CCc2ccncc2)Cc2cccc(-c3cccc(C(=O)N4CCC(CCCC5CCNCC5)CC4)c3)c2)cc1. The summed E-state index contributed by atoms with van der Waals surface area (Å²) in [6, 6.07) is 28.0. The molecule has 2 aliphatic heterocycles. The van der Waals surface area contributed by atoms with Gasteiger partial charge in [-0.15, -0.1) is 0 Å². The molecule has 266 valence electrons. The summed E-state index contributed by atoms with van der Waals surface area (Å²) in [5.74, 6) is 2.48. The fraction of sp³-hybridized carbons (Fsp3) is 0.386. The van der Waals surface area contributed by atoms with Gasteiger partial charge in [0.05, 0.1) is 7.11 Å². The van der Waals surface area contributed by atoms with Gasteiger partial charge in [0.2, 0.25) is 5.91 Å². The number of nitrogens with one attached hydrogen (secondary N) is 1. The molecule has 0 radical (unpaired) electrons. The Morgan fingerprint density at radius 3 is 2.25 bits per heavy atom. The minimum absolute atomic E-state index is 0.0524. The number of piperidine rings is 2. The van der Waals surface area contributed by atoms with Crippen molar-refractivity contribution < 1.29 is 14.3 Å². The van der Waals surface area contributed by atoms with Crippen molar-refractivity contribution in [1.29, 1.82) is 0 Å². The maximum absolute atomic E-state index is 13.6. The lowest BCUT2D eigenvalue weighted by Gasteiger charge is -2.32. The van der Waals surface area contributed by atoms with Gasteiger partial charge >= 0.3 is 0 Å². The van der Waals surface area contributed by atoms with Crippen molar-refractivity contribution in [2.24, 2.45) is 11.8 Å². The van der Waals surface area contributed by atoms with Gasteiger partial charge in [0.15, 0.2) is 0 Å². The number of benzene rings is 3. The number of hydrogen-bond acceptors (Lipinski definition) is 5. The Balaban J connectivity index is 1.08. The Morgan fingerprint density at radius 2 is 1.53 bits per heavy atom. The van der Waals surface area contributed by atoms with E-state index in [4.69, 9.17) is 4.74 Å². The highest BCUT2D eigenvalue weighted by molar-refractivity contribution is 5.95. The number of carbonyl (C=O) groups excluding carboxylic acids is 2. The first-order chi connectivity index (χ1) is 25.0. The summed E-state index contributed by atoms with van der Waals surface area (Å²) < 4.78 is 5.27. The number of rotatable bonds is 14. The van der Waals surface area contributed by atoms with Gasteiger partial charge in [-0.05, 0) is 133 Å². The second-order valence-electron chi connectivity index (χ2n) is 14.1. The Bertz CT molecular complexity index is 1720. The molecule has 2 fully saturated rings. The number of carbonyl (C=O) groups is 2. The summed E-state index contributed by atoms with van der Waals surface area (Å²) >= 11 is 0. The van der Waals surface area contributed by atoms with Gasteiger partial charge in [0, 0.05) is 50.2 Å². The van der Waals surface area contributed by atoms with E-state index in [2.05, 4.69) is 34.6 Å². The molecule has 4 aromatic rings. The van der Waals surface area contributed by atoms with E-state index < -0.39 is 0 Å². The topological polar surface area (TPSA) is 74.8 Å². The smallest absolute Gasteiger partial charge is 0.253 e. The monoisotopic (exact) mass is 684 g/mol. The van der Waals surface area contributed by atoms with Crippen LogP contribution in [0.3, 0.4) is 0 Å². The number of likely N-dealkylation sites (tertiary alicyclic amines) is 1. The molecule has 2 aliphatic rings. The molecular weight excluding hydrogens is 633 g/mol. The molecule has 1 N–H and O–H groups in total. The Hall–Kier alpha value is -4.75. The average Bonchev–Trinajstić information content (AvgIpc) is 3.19. The maximum atomic E-state index is 13.6. The van der Waals surface area contributed by atoms with E-state index in [0.717, 1.165) is 83.3 Å². The summed E-state index contributed by atoms with van der Waals surface area (Å²) in [6.07, 6.45) is 16.6. The van der Waals surface area contributed by atoms with E-state index in [1.807, 2.05) is 76.5 Å². The van der Waals surface area contributed by atoms with E-state index in [1.165, 1.54) is 45.2 Å². The van der Waals surface area contributed by atoms with Crippen LogP contribution in [0.2, 0.25) is 0 Å². The fourth-order valence-corrected chi connectivity index (χ4v) is 7.44. The van der Waals surface area contributed by atoms with Crippen LogP contribution < -0.4 is 10.1 Å². The number of methoxy groups -OCH3 is 1. The molecule has 0 atom stereocenters. The first kappa shape index (κ1) is 36.1. The molecule has 51 heavy (non-hydrogen) atoms. The van der Waals surface area contributed by atoms with Crippen molar-refractivity contribution in [2.45, 2.75) is 57.9 Å². The molecule has 0 aliphatic carbocycles. The van der Waals surface area contributed by atoms with Crippen LogP contribution in [0.4, 0.5) is 0 Å². The van der Waals surface area contributed by atoms with Crippen molar-refractivity contribution >= 4 is 17.9 Å². The van der Waals surface area contributed by atoms with E-state index in [0.29, 0.717) is 13.1 Å².